The molecule has 2 aromatic rings. The van der Waals surface area contributed by atoms with Crippen molar-refractivity contribution in [2.45, 2.75) is 19.3 Å². The number of hydrogen-bond acceptors (Lipinski definition) is 0. The Bertz CT molecular complexity index is 614. The standard InChI is InChI=1S/C17H14/c1-3-12(2)13-8-9-17-15(10-13)11-14-6-4-5-7-16(14)17/h1,4-10,12H,11H2,2H3. The zero-order valence-corrected chi connectivity index (χ0v) is 9.90. The van der Waals surface area contributed by atoms with Crippen molar-refractivity contribution in [3.05, 3.63) is 59.2 Å². The second kappa shape index (κ2) is 3.79. The minimum absolute atomic E-state index is 0.198. The molecule has 82 valence electrons. The van der Waals surface area contributed by atoms with Gasteiger partial charge in [0, 0.05) is 5.92 Å². The molecular weight excluding hydrogens is 204 g/mol. The van der Waals surface area contributed by atoms with Gasteiger partial charge in [-0.1, -0.05) is 48.4 Å². The number of hydrogen-bond donors (Lipinski definition) is 0. The molecule has 0 saturated carbocycles. The molecule has 0 N–H and O–H groups in total. The van der Waals surface area contributed by atoms with Gasteiger partial charge in [-0.3, -0.25) is 0 Å². The first kappa shape index (κ1) is 10.2. The predicted octanol–water partition coefficient (Wildman–Crippen LogP) is 3.99. The second-order valence-corrected chi connectivity index (χ2v) is 4.64. The van der Waals surface area contributed by atoms with Gasteiger partial charge in [-0.05, 0) is 41.2 Å². The molecule has 0 nitrogen and oxygen atoms in total. The molecule has 0 saturated heterocycles. The van der Waals surface area contributed by atoms with E-state index in [0.29, 0.717) is 0 Å². The molecule has 0 heterocycles. The third-order valence-electron chi connectivity index (χ3n) is 3.57. The van der Waals surface area contributed by atoms with Crippen LogP contribution in [0.1, 0.15) is 29.5 Å². The Balaban J connectivity index is 2.11. The van der Waals surface area contributed by atoms with Crippen molar-refractivity contribution >= 4 is 0 Å². The van der Waals surface area contributed by atoms with E-state index >= 15 is 0 Å². The fourth-order valence-corrected chi connectivity index (χ4v) is 2.53. The van der Waals surface area contributed by atoms with E-state index in [1.165, 1.54) is 27.8 Å². The summed E-state index contributed by atoms with van der Waals surface area (Å²) < 4.78 is 0. The fourth-order valence-electron chi connectivity index (χ4n) is 2.53. The van der Waals surface area contributed by atoms with E-state index in [4.69, 9.17) is 6.42 Å². The summed E-state index contributed by atoms with van der Waals surface area (Å²) in [6.45, 7) is 2.07. The lowest BCUT2D eigenvalue weighted by Crippen LogP contribution is -1.91. The van der Waals surface area contributed by atoms with Gasteiger partial charge in [0.25, 0.3) is 0 Å². The smallest absolute Gasteiger partial charge is 0.0421 e. The molecule has 0 spiro atoms. The third kappa shape index (κ3) is 1.56. The van der Waals surface area contributed by atoms with Crippen LogP contribution in [-0.4, -0.2) is 0 Å². The van der Waals surface area contributed by atoms with E-state index in [2.05, 4.69) is 55.3 Å². The Morgan fingerprint density at radius 2 is 1.82 bits per heavy atom. The first-order chi connectivity index (χ1) is 8.29. The topological polar surface area (TPSA) is 0 Å². The molecular formula is C17H14. The van der Waals surface area contributed by atoms with E-state index in [1.54, 1.807) is 0 Å². The lowest BCUT2D eigenvalue weighted by Gasteiger charge is -2.07. The number of terminal acetylenes is 1. The van der Waals surface area contributed by atoms with Crippen molar-refractivity contribution in [3.63, 3.8) is 0 Å². The van der Waals surface area contributed by atoms with Crippen LogP contribution in [0.2, 0.25) is 0 Å². The quantitative estimate of drug-likeness (QED) is 0.542. The summed E-state index contributed by atoms with van der Waals surface area (Å²) in [5, 5.41) is 0. The molecule has 0 bridgehead atoms. The monoisotopic (exact) mass is 218 g/mol. The highest BCUT2D eigenvalue weighted by molar-refractivity contribution is 5.77. The molecule has 17 heavy (non-hydrogen) atoms. The average Bonchev–Trinajstić information content (AvgIpc) is 2.75. The molecule has 1 atom stereocenters. The van der Waals surface area contributed by atoms with Crippen LogP contribution in [0.3, 0.4) is 0 Å². The van der Waals surface area contributed by atoms with Crippen molar-refractivity contribution in [2.24, 2.45) is 0 Å². The maximum atomic E-state index is 5.48. The van der Waals surface area contributed by atoms with Crippen LogP contribution < -0.4 is 0 Å². The number of rotatable bonds is 1. The van der Waals surface area contributed by atoms with Crippen molar-refractivity contribution < 1.29 is 0 Å². The van der Waals surface area contributed by atoms with Crippen molar-refractivity contribution in [1.82, 2.24) is 0 Å². The molecule has 1 unspecified atom stereocenters. The van der Waals surface area contributed by atoms with Crippen molar-refractivity contribution in [3.8, 4) is 23.5 Å². The largest absolute Gasteiger partial charge is 0.119 e. The summed E-state index contributed by atoms with van der Waals surface area (Å²) in [4.78, 5) is 0. The SMILES string of the molecule is C#CC(C)c1ccc2c(c1)Cc1ccccc1-2. The zero-order chi connectivity index (χ0) is 11.8. The summed E-state index contributed by atoms with van der Waals surface area (Å²) in [7, 11) is 0. The zero-order valence-electron chi connectivity index (χ0n) is 9.90. The Hall–Kier alpha value is -2.00. The van der Waals surface area contributed by atoms with Gasteiger partial charge in [-0.2, -0.15) is 0 Å². The average molecular weight is 218 g/mol. The van der Waals surface area contributed by atoms with E-state index < -0.39 is 0 Å². The molecule has 1 aliphatic carbocycles. The van der Waals surface area contributed by atoms with Gasteiger partial charge in [0.1, 0.15) is 0 Å². The van der Waals surface area contributed by atoms with Crippen LogP contribution in [0, 0.1) is 12.3 Å². The van der Waals surface area contributed by atoms with Gasteiger partial charge in [0.15, 0.2) is 0 Å². The number of benzene rings is 2. The van der Waals surface area contributed by atoms with E-state index in [9.17, 15) is 0 Å². The van der Waals surface area contributed by atoms with Gasteiger partial charge in [-0.25, -0.2) is 0 Å². The van der Waals surface area contributed by atoms with Crippen molar-refractivity contribution in [1.29, 1.82) is 0 Å². The minimum Gasteiger partial charge on any atom is -0.119 e. The molecule has 1 aliphatic rings. The van der Waals surface area contributed by atoms with Crippen LogP contribution in [0.15, 0.2) is 42.5 Å². The summed E-state index contributed by atoms with van der Waals surface area (Å²) >= 11 is 0. The van der Waals surface area contributed by atoms with Crippen LogP contribution >= 0.6 is 0 Å². The molecule has 0 aromatic heterocycles. The second-order valence-electron chi connectivity index (χ2n) is 4.64. The van der Waals surface area contributed by atoms with Gasteiger partial charge < -0.3 is 0 Å². The van der Waals surface area contributed by atoms with Gasteiger partial charge in [-0.15, -0.1) is 6.42 Å². The summed E-state index contributed by atoms with van der Waals surface area (Å²) in [5.74, 6) is 2.99. The van der Waals surface area contributed by atoms with Gasteiger partial charge in [0.2, 0.25) is 0 Å². The van der Waals surface area contributed by atoms with Crippen LogP contribution in [0.4, 0.5) is 0 Å². The molecule has 2 aromatic carbocycles. The highest BCUT2D eigenvalue weighted by Gasteiger charge is 2.18. The lowest BCUT2D eigenvalue weighted by atomic mass is 9.97. The van der Waals surface area contributed by atoms with Crippen molar-refractivity contribution in [2.75, 3.05) is 0 Å². The van der Waals surface area contributed by atoms with E-state index in [0.717, 1.165) is 6.42 Å². The van der Waals surface area contributed by atoms with Crippen LogP contribution in [0.5, 0.6) is 0 Å². The lowest BCUT2D eigenvalue weighted by molar-refractivity contribution is 1.00. The Morgan fingerprint density at radius 1 is 1.06 bits per heavy atom. The summed E-state index contributed by atoms with van der Waals surface area (Å²) in [6, 6.07) is 15.3. The van der Waals surface area contributed by atoms with Gasteiger partial charge in [0.05, 0.1) is 0 Å². The molecule has 0 fully saturated rings. The van der Waals surface area contributed by atoms with E-state index in [-0.39, 0.29) is 5.92 Å². The summed E-state index contributed by atoms with van der Waals surface area (Å²) in [5.41, 5.74) is 6.83. The highest BCUT2D eigenvalue weighted by Crippen LogP contribution is 2.37. The normalized spacial score (nSPS) is 13.6. The molecule has 0 aliphatic heterocycles. The Morgan fingerprint density at radius 3 is 2.65 bits per heavy atom. The molecule has 3 rings (SSSR count). The first-order valence-corrected chi connectivity index (χ1v) is 5.97. The van der Waals surface area contributed by atoms with E-state index in [1.807, 2.05) is 0 Å². The third-order valence-corrected chi connectivity index (χ3v) is 3.57. The van der Waals surface area contributed by atoms with Crippen LogP contribution in [0.25, 0.3) is 11.1 Å². The summed E-state index contributed by atoms with van der Waals surface area (Å²) in [6.07, 6.45) is 6.52. The van der Waals surface area contributed by atoms with Gasteiger partial charge >= 0.3 is 0 Å². The minimum atomic E-state index is 0.198. The Kier molecular flexibility index (Phi) is 2.27. The first-order valence-electron chi connectivity index (χ1n) is 5.97. The maximum absolute atomic E-state index is 5.48. The van der Waals surface area contributed by atoms with Crippen LogP contribution in [-0.2, 0) is 6.42 Å². The fraction of sp³-hybridized carbons (Fsp3) is 0.176. The predicted molar refractivity (Wildman–Crippen MR) is 71.9 cm³/mol. The Labute approximate surface area is 102 Å². The molecule has 0 heteroatoms. The molecule has 0 amide bonds. The highest BCUT2D eigenvalue weighted by atomic mass is 14.2. The maximum Gasteiger partial charge on any atom is 0.0421 e. The number of fused-ring (bicyclic) bond motifs is 3. The molecule has 0 radical (unpaired) electrons.